The number of nitrogens with zero attached hydrogens (tertiary/aromatic N) is 7. The van der Waals surface area contributed by atoms with Gasteiger partial charge >= 0.3 is 0 Å². The van der Waals surface area contributed by atoms with Crippen LogP contribution in [0.2, 0.25) is 0 Å². The summed E-state index contributed by atoms with van der Waals surface area (Å²) < 4.78 is 2.28. The molecule has 0 amide bonds. The number of benzene rings is 8. The Balaban J connectivity index is 1.02. The van der Waals surface area contributed by atoms with E-state index in [1.807, 2.05) is 24.4 Å². The first kappa shape index (κ1) is 43.6. The summed E-state index contributed by atoms with van der Waals surface area (Å²) in [6.45, 7) is 11.8. The molecule has 12 rings (SSSR count). The quantitative estimate of drug-likeness (QED) is 0.144. The maximum absolute atomic E-state index is 5.40. The van der Waals surface area contributed by atoms with E-state index in [1.165, 1.54) is 44.5 Å². The van der Waals surface area contributed by atoms with Crippen LogP contribution in [0.1, 0.15) is 51.7 Å². The van der Waals surface area contributed by atoms with Gasteiger partial charge in [-0.3, -0.25) is 4.57 Å². The predicted octanol–water partition coefficient (Wildman–Crippen LogP) is 16.4. The molecule has 0 N–H and O–H groups in total. The van der Waals surface area contributed by atoms with Crippen molar-refractivity contribution in [3.63, 3.8) is 0 Å². The Labute approximate surface area is 415 Å². The van der Waals surface area contributed by atoms with Crippen LogP contribution in [-0.2, 0) is 5.41 Å². The summed E-state index contributed by atoms with van der Waals surface area (Å²) in [7, 11) is 0. The Hall–Kier alpha value is -8.68. The smallest absolute Gasteiger partial charge is 0.164 e. The molecule has 0 bridgehead atoms. The third-order valence-corrected chi connectivity index (χ3v) is 13.8. The van der Waals surface area contributed by atoms with E-state index in [9.17, 15) is 0 Å². The molecule has 8 aromatic carbocycles. The van der Waals surface area contributed by atoms with Crippen LogP contribution in [0.4, 0.5) is 22.7 Å². The molecule has 0 atom stereocenters. The van der Waals surface area contributed by atoms with Gasteiger partial charge in [0.15, 0.2) is 17.5 Å². The van der Waals surface area contributed by atoms with Crippen LogP contribution in [0.5, 0.6) is 0 Å². The Bertz CT molecular complexity index is 3700. The largest absolute Gasteiger partial charge is 0.321 e. The summed E-state index contributed by atoms with van der Waals surface area (Å²) in [6.07, 6.45) is 1.92. The van der Waals surface area contributed by atoms with Gasteiger partial charge in [0.2, 0.25) is 0 Å². The average molecular weight is 920 g/mol. The van der Waals surface area contributed by atoms with Gasteiger partial charge in [-0.2, -0.15) is 0 Å². The van der Waals surface area contributed by atoms with Crippen LogP contribution in [0.15, 0.2) is 212 Å². The van der Waals surface area contributed by atoms with Crippen LogP contribution in [0.25, 0.3) is 84.0 Å². The molecule has 0 aliphatic carbocycles. The average Bonchev–Trinajstić information content (AvgIpc) is 3.97. The summed E-state index contributed by atoms with van der Waals surface area (Å²) >= 11 is 0. The Morgan fingerprint density at radius 3 is 1.66 bits per heavy atom. The van der Waals surface area contributed by atoms with Crippen molar-refractivity contribution in [1.29, 1.82) is 0 Å². The van der Waals surface area contributed by atoms with E-state index in [2.05, 4.69) is 237 Å². The van der Waals surface area contributed by atoms with Crippen molar-refractivity contribution in [3.8, 4) is 62.2 Å². The number of para-hydroxylation sites is 4. The van der Waals surface area contributed by atoms with Crippen LogP contribution in [0, 0.1) is 0 Å². The van der Waals surface area contributed by atoms with Gasteiger partial charge in [0.1, 0.15) is 12.5 Å². The number of pyridine rings is 1. The molecule has 0 radical (unpaired) electrons. The van der Waals surface area contributed by atoms with Gasteiger partial charge in [-0.15, -0.1) is 0 Å². The molecule has 0 fully saturated rings. The van der Waals surface area contributed by atoms with E-state index in [-0.39, 0.29) is 11.3 Å². The molecule has 71 heavy (non-hydrogen) atoms. The predicted molar refractivity (Wildman–Crippen MR) is 294 cm³/mol. The number of hydrogen-bond acceptors (Lipinski definition) is 6. The second-order valence-electron chi connectivity index (χ2n) is 19.8. The lowest BCUT2D eigenvalue weighted by Gasteiger charge is -2.27. The number of hydrogen-bond donors (Lipinski definition) is 0. The van der Waals surface area contributed by atoms with Gasteiger partial charge in [0.05, 0.1) is 28.1 Å². The minimum Gasteiger partial charge on any atom is -0.321 e. The first-order valence-corrected chi connectivity index (χ1v) is 24.5. The molecule has 4 heterocycles. The first-order valence-electron chi connectivity index (χ1n) is 24.5. The molecular weight excluding hydrogens is 867 g/mol. The molecule has 3 aromatic heterocycles. The number of rotatable bonds is 9. The van der Waals surface area contributed by atoms with Crippen molar-refractivity contribution in [2.45, 2.75) is 46.0 Å². The lowest BCUT2D eigenvalue weighted by Crippen LogP contribution is -2.25. The zero-order chi connectivity index (χ0) is 48.2. The van der Waals surface area contributed by atoms with E-state index in [1.54, 1.807) is 0 Å². The molecule has 7 nitrogen and oxygen atoms in total. The highest BCUT2D eigenvalue weighted by Gasteiger charge is 2.32. The highest BCUT2D eigenvalue weighted by Crippen LogP contribution is 2.50. The van der Waals surface area contributed by atoms with E-state index in [4.69, 9.17) is 19.9 Å². The highest BCUT2D eigenvalue weighted by molar-refractivity contribution is 6.10. The third kappa shape index (κ3) is 7.99. The second-order valence-corrected chi connectivity index (χ2v) is 19.8. The Morgan fingerprint density at radius 1 is 0.451 bits per heavy atom. The Kier molecular flexibility index (Phi) is 10.9. The van der Waals surface area contributed by atoms with Gasteiger partial charge in [-0.25, -0.2) is 19.9 Å². The monoisotopic (exact) mass is 919 g/mol. The topological polar surface area (TPSA) is 63.0 Å². The van der Waals surface area contributed by atoms with E-state index in [0.717, 1.165) is 56.0 Å². The molecule has 344 valence electrons. The van der Waals surface area contributed by atoms with Crippen LogP contribution < -0.4 is 9.80 Å². The summed E-state index contributed by atoms with van der Waals surface area (Å²) in [5.41, 5.74) is 16.5. The molecule has 0 saturated heterocycles. The first-order chi connectivity index (χ1) is 34.7. The molecule has 7 heteroatoms. The van der Waals surface area contributed by atoms with Gasteiger partial charge in [0, 0.05) is 50.5 Å². The van der Waals surface area contributed by atoms with Crippen molar-refractivity contribution in [2.24, 2.45) is 0 Å². The minimum atomic E-state index is -0.0410. The molecule has 0 spiro atoms. The molecule has 1 aliphatic heterocycles. The lowest BCUT2D eigenvalue weighted by molar-refractivity contribution is 0.588. The second kappa shape index (κ2) is 17.7. The van der Waals surface area contributed by atoms with Crippen molar-refractivity contribution in [3.05, 3.63) is 224 Å². The molecule has 11 aromatic rings. The molecule has 0 saturated carbocycles. The maximum Gasteiger partial charge on any atom is 0.164 e. The summed E-state index contributed by atoms with van der Waals surface area (Å²) in [4.78, 5) is 25.8. The fourth-order valence-corrected chi connectivity index (χ4v) is 10.1. The van der Waals surface area contributed by atoms with Gasteiger partial charge < -0.3 is 9.80 Å². The van der Waals surface area contributed by atoms with Gasteiger partial charge in [0.25, 0.3) is 0 Å². The normalized spacial score (nSPS) is 12.6. The van der Waals surface area contributed by atoms with E-state index >= 15 is 0 Å². The van der Waals surface area contributed by atoms with E-state index in [0.29, 0.717) is 24.1 Å². The SMILES string of the molecule is CC(C)c1cc(-c2nc(-c3ccccc3)nc(-c3ccc4c5ccccc5n(-c5cc(C(C)(C)C)ccn5)c4c3)n2)cc(N2CN(c3c(-c4ccccc4)cccc3-c3ccccc3)c3ccccc32)c1. The fraction of sp³-hybridized carbons (Fsp3) is 0.125. The summed E-state index contributed by atoms with van der Waals surface area (Å²) in [5.74, 6) is 2.94. The number of anilines is 4. The van der Waals surface area contributed by atoms with Crippen LogP contribution in [0.3, 0.4) is 0 Å². The van der Waals surface area contributed by atoms with Crippen LogP contribution in [-0.4, -0.2) is 31.2 Å². The minimum absolute atomic E-state index is 0.0410. The number of aromatic nitrogens is 5. The molecule has 1 aliphatic rings. The zero-order valence-electron chi connectivity index (χ0n) is 40.6. The van der Waals surface area contributed by atoms with Crippen LogP contribution >= 0.6 is 0 Å². The number of fused-ring (bicyclic) bond motifs is 4. The van der Waals surface area contributed by atoms with Crippen molar-refractivity contribution in [2.75, 3.05) is 16.5 Å². The van der Waals surface area contributed by atoms with E-state index < -0.39 is 0 Å². The fourth-order valence-electron chi connectivity index (χ4n) is 10.1. The zero-order valence-corrected chi connectivity index (χ0v) is 40.6. The highest BCUT2D eigenvalue weighted by atomic mass is 15.4. The van der Waals surface area contributed by atoms with Crippen molar-refractivity contribution >= 4 is 44.6 Å². The molecular formula is C64H53N7. The maximum atomic E-state index is 5.40. The lowest BCUT2D eigenvalue weighted by atomic mass is 9.88. The van der Waals surface area contributed by atoms with Gasteiger partial charge in [-0.05, 0) is 88.2 Å². The van der Waals surface area contributed by atoms with Gasteiger partial charge in [-0.1, -0.05) is 186 Å². The molecule has 0 unspecified atom stereocenters. The van der Waals surface area contributed by atoms with Crippen molar-refractivity contribution in [1.82, 2.24) is 24.5 Å². The Morgan fingerprint density at radius 2 is 1.01 bits per heavy atom. The third-order valence-electron chi connectivity index (χ3n) is 13.8. The summed E-state index contributed by atoms with van der Waals surface area (Å²) in [5, 5.41) is 2.31. The summed E-state index contributed by atoms with van der Waals surface area (Å²) in [6, 6.07) is 73.5. The van der Waals surface area contributed by atoms with Crippen molar-refractivity contribution < 1.29 is 0 Å². The standard InChI is InChI=1S/C64H53N7/c1-42(2)47-36-48(38-50(37-47)69-41-70(57-31-18-17-30-56(57)69)60-51(43-20-9-6-10-21-43)27-19-28-52(60)44-22-11-7-12-23-44)63-67-61(45-24-13-8-14-25-45)66-62(68-63)46-32-33-54-53-26-15-16-29-55(53)71(58(54)39-46)59-40-49(34-35-65-59)64(3,4)5/h6-40,42H,41H2,1-5H3.